The van der Waals surface area contributed by atoms with Gasteiger partial charge >= 0.3 is 30.3 Å². The number of carboxylic acid groups (broad SMARTS) is 1. The summed E-state index contributed by atoms with van der Waals surface area (Å²) in [4.78, 5) is 65.2. The summed E-state index contributed by atoms with van der Waals surface area (Å²) in [6.45, 7) is 3.99. The number of rotatable bonds is 15. The van der Waals surface area contributed by atoms with Crippen molar-refractivity contribution in [2.75, 3.05) is 25.7 Å². The van der Waals surface area contributed by atoms with E-state index in [0.29, 0.717) is 24.0 Å². The Labute approximate surface area is 375 Å². The van der Waals surface area contributed by atoms with Gasteiger partial charge in [-0.1, -0.05) is 16.8 Å². The van der Waals surface area contributed by atoms with Crippen LogP contribution in [-0.4, -0.2) is 90.0 Å². The van der Waals surface area contributed by atoms with Gasteiger partial charge in [-0.2, -0.15) is 26.3 Å². The van der Waals surface area contributed by atoms with Crippen molar-refractivity contribution < 1.29 is 92.2 Å². The van der Waals surface area contributed by atoms with E-state index < -0.39 is 97.6 Å². The molecule has 0 aliphatic heterocycles. The lowest BCUT2D eigenvalue weighted by molar-refractivity contribution is -0.385. The van der Waals surface area contributed by atoms with Crippen LogP contribution in [0.3, 0.4) is 0 Å². The number of sulfone groups is 1. The standard InChI is InChI=1S/C19H15ClF3NO7.C15H12F3NO4S.C5H12NO4P/c1-3-29-17(25)10(2)30-18(26)13-9-12(5-6-15(13)24(27)28)31-16-7-4-11(8-14(16)20)19(21,22)23;1-24(21,22)12-6-9(15(16,17)18)4-5-10(12)13(20)11-7-19-23-14(11)8-2-3-8;1-11(9,10)3-2-4(6)5(7)8/h4-10H,3H2,1-2H3;4-8H,2-3H2,1H3;4H,2-3,6H2,1H3,(H,7,8)(H,9,10). The third-order valence-corrected chi connectivity index (χ3v) is 11.2. The monoisotopic (exact) mass is 1000 g/mol. The number of aromatic nitrogens is 1. The maximum atomic E-state index is 12.8. The summed E-state index contributed by atoms with van der Waals surface area (Å²) in [5.74, 6) is -3.82. The Balaban J connectivity index is 0.000000292. The number of carbonyl (C=O) groups is 4. The maximum Gasteiger partial charge on any atom is 0.416 e. The van der Waals surface area contributed by atoms with E-state index in [9.17, 15) is 68.6 Å². The van der Waals surface area contributed by atoms with Gasteiger partial charge in [0.05, 0.1) is 44.3 Å². The van der Waals surface area contributed by atoms with Crippen molar-refractivity contribution in [2.24, 2.45) is 5.73 Å². The normalized spacial score (nSPS) is 14.4. The highest BCUT2D eigenvalue weighted by atomic mass is 35.5. The summed E-state index contributed by atoms with van der Waals surface area (Å²) < 4.78 is 131. The fourth-order valence-electron chi connectivity index (χ4n) is 5.22. The molecule has 0 saturated heterocycles. The van der Waals surface area contributed by atoms with Crippen LogP contribution in [0.2, 0.25) is 5.02 Å². The number of nitrogens with zero attached hydrogens (tertiary/aromatic N) is 2. The minimum absolute atomic E-state index is 0.0398. The second-order valence-electron chi connectivity index (χ2n) is 14.2. The number of aliphatic carboxylic acids is 1. The van der Waals surface area contributed by atoms with Gasteiger partial charge in [-0.05, 0) is 75.6 Å². The molecule has 1 aromatic heterocycles. The van der Waals surface area contributed by atoms with Gasteiger partial charge in [0.2, 0.25) is 0 Å². The van der Waals surface area contributed by atoms with E-state index in [1.54, 1.807) is 6.92 Å². The van der Waals surface area contributed by atoms with E-state index in [1.807, 2.05) is 0 Å². The predicted molar refractivity (Wildman–Crippen MR) is 218 cm³/mol. The third kappa shape index (κ3) is 15.9. The van der Waals surface area contributed by atoms with Crippen molar-refractivity contribution in [3.63, 3.8) is 0 Å². The average Bonchev–Trinajstić information content (AvgIpc) is 3.94. The maximum absolute atomic E-state index is 12.8. The largest absolute Gasteiger partial charge is 0.480 e. The zero-order valence-electron chi connectivity index (χ0n) is 34.7. The summed E-state index contributed by atoms with van der Waals surface area (Å²) >= 11 is 5.83. The number of nitro groups is 1. The first-order chi connectivity index (χ1) is 30.3. The molecule has 3 atom stereocenters. The molecule has 4 aromatic rings. The molecular formula is C39H39ClF6N3O15PS. The lowest BCUT2D eigenvalue weighted by Crippen LogP contribution is -2.30. The van der Waals surface area contributed by atoms with Crippen LogP contribution in [0.25, 0.3) is 0 Å². The molecule has 0 spiro atoms. The highest BCUT2D eigenvalue weighted by Crippen LogP contribution is 2.43. The first kappa shape index (κ1) is 54.5. The molecule has 66 heavy (non-hydrogen) atoms. The van der Waals surface area contributed by atoms with E-state index >= 15 is 0 Å². The van der Waals surface area contributed by atoms with Gasteiger partial charge < -0.3 is 34.5 Å². The number of halogens is 7. The number of alkyl halides is 6. The molecule has 1 aliphatic carbocycles. The number of ketones is 1. The lowest BCUT2D eigenvalue weighted by Gasteiger charge is -2.13. The van der Waals surface area contributed by atoms with Gasteiger partial charge in [0.1, 0.15) is 23.1 Å². The Morgan fingerprint density at radius 3 is 2.09 bits per heavy atom. The second-order valence-corrected chi connectivity index (χ2v) is 19.1. The van der Waals surface area contributed by atoms with Crippen LogP contribution in [0.15, 0.2) is 70.2 Å². The van der Waals surface area contributed by atoms with Crippen molar-refractivity contribution in [1.29, 1.82) is 0 Å². The van der Waals surface area contributed by atoms with Crippen LogP contribution in [0.1, 0.15) is 82.2 Å². The molecule has 18 nitrogen and oxygen atoms in total. The van der Waals surface area contributed by atoms with Crippen LogP contribution in [0.4, 0.5) is 32.0 Å². The summed E-state index contributed by atoms with van der Waals surface area (Å²) in [5.41, 5.74) is 1.55. The highest BCUT2D eigenvalue weighted by molar-refractivity contribution is 7.90. The van der Waals surface area contributed by atoms with Crippen LogP contribution in [0, 0.1) is 10.1 Å². The molecule has 5 rings (SSSR count). The molecule has 1 saturated carbocycles. The predicted octanol–water partition coefficient (Wildman–Crippen LogP) is 8.06. The summed E-state index contributed by atoms with van der Waals surface area (Å²) in [6, 6.07) is 6.39. The molecular weight excluding hydrogens is 963 g/mol. The summed E-state index contributed by atoms with van der Waals surface area (Å²) in [5, 5.41) is 22.7. The molecule has 1 heterocycles. The van der Waals surface area contributed by atoms with Gasteiger partial charge in [0, 0.05) is 42.7 Å². The Kier molecular flexibility index (Phi) is 18.2. The molecule has 0 amide bonds. The number of carbonyl (C=O) groups excluding carboxylic acids is 3. The lowest BCUT2D eigenvalue weighted by atomic mass is 10.0. The minimum Gasteiger partial charge on any atom is -0.480 e. The van der Waals surface area contributed by atoms with Crippen molar-refractivity contribution in [1.82, 2.24) is 5.16 Å². The van der Waals surface area contributed by atoms with Crippen LogP contribution in [0.5, 0.6) is 11.5 Å². The van der Waals surface area contributed by atoms with Crippen molar-refractivity contribution in [2.45, 2.75) is 68.4 Å². The first-order valence-corrected chi connectivity index (χ1v) is 23.3. The summed E-state index contributed by atoms with van der Waals surface area (Å²) in [6.07, 6.45) is -7.09. The Morgan fingerprint density at radius 2 is 1.59 bits per heavy atom. The molecule has 360 valence electrons. The SMILES string of the molecule is CCOC(=O)C(C)OC(=O)c1cc(Oc2ccc(C(F)(F)F)cc2Cl)ccc1[N+](=O)[O-].CP(=O)(O)CCC(N)C(=O)O.CS(=O)(=O)c1cc(C(F)(F)F)ccc1C(=O)c1cnoc1C1CC1. The number of carboxylic acids is 1. The number of nitro benzene ring substituents is 1. The van der Waals surface area contributed by atoms with Crippen molar-refractivity contribution in [3.8, 4) is 11.5 Å². The van der Waals surface area contributed by atoms with Gasteiger partial charge in [0.25, 0.3) is 5.69 Å². The Morgan fingerprint density at radius 1 is 1.00 bits per heavy atom. The number of nitrogens with two attached hydrogens (primary N) is 1. The summed E-state index contributed by atoms with van der Waals surface area (Å²) in [7, 11) is -7.14. The number of ether oxygens (including phenoxy) is 3. The minimum atomic E-state index is -4.71. The van der Waals surface area contributed by atoms with Gasteiger partial charge in [-0.25, -0.2) is 18.0 Å². The Hall–Kier alpha value is -5.88. The Bertz CT molecular complexity index is 2620. The zero-order chi connectivity index (χ0) is 50.1. The van der Waals surface area contributed by atoms with E-state index in [2.05, 4.69) is 5.16 Å². The second kappa shape index (κ2) is 22.1. The fourth-order valence-corrected chi connectivity index (χ4v) is 7.10. The first-order valence-electron chi connectivity index (χ1n) is 18.7. The van der Waals surface area contributed by atoms with E-state index in [0.717, 1.165) is 55.5 Å². The smallest absolute Gasteiger partial charge is 0.416 e. The van der Waals surface area contributed by atoms with E-state index in [4.69, 9.17) is 46.1 Å². The number of esters is 2. The molecule has 3 unspecified atom stereocenters. The highest BCUT2D eigenvalue weighted by Gasteiger charge is 2.37. The quantitative estimate of drug-likeness (QED) is 0.0253. The van der Waals surface area contributed by atoms with Crippen LogP contribution < -0.4 is 10.5 Å². The van der Waals surface area contributed by atoms with Crippen LogP contribution >= 0.6 is 19.0 Å². The number of hydrogen-bond donors (Lipinski definition) is 3. The third-order valence-electron chi connectivity index (χ3n) is 8.69. The number of hydrogen-bond acceptors (Lipinski definition) is 15. The molecule has 1 aliphatic rings. The fraction of sp³-hybridized carbons (Fsp3) is 0.359. The van der Waals surface area contributed by atoms with Crippen molar-refractivity contribution >= 4 is 58.2 Å². The molecule has 3 aromatic carbocycles. The molecule has 1 fully saturated rings. The van der Waals surface area contributed by atoms with E-state index in [1.165, 1.54) is 19.8 Å². The van der Waals surface area contributed by atoms with Crippen molar-refractivity contribution in [3.05, 3.63) is 110 Å². The van der Waals surface area contributed by atoms with Gasteiger partial charge in [-0.15, -0.1) is 0 Å². The van der Waals surface area contributed by atoms with Gasteiger partial charge in [-0.3, -0.25) is 24.3 Å². The topological polar surface area (TPSA) is 283 Å². The van der Waals surface area contributed by atoms with Gasteiger partial charge in [0.15, 0.2) is 34.9 Å². The van der Waals surface area contributed by atoms with E-state index in [-0.39, 0.29) is 52.8 Å². The average molecular weight is 1000 g/mol. The number of benzene rings is 3. The van der Waals surface area contributed by atoms with Crippen LogP contribution in [-0.2, 0) is 45.8 Å². The molecule has 4 N–H and O–H groups in total. The molecule has 27 heteroatoms. The molecule has 0 radical (unpaired) electrons. The molecule has 0 bridgehead atoms. The zero-order valence-corrected chi connectivity index (χ0v) is 37.2.